The number of hydrogen-bond acceptors (Lipinski definition) is 4. The maximum absolute atomic E-state index is 11.5. The van der Waals surface area contributed by atoms with Gasteiger partial charge in [0.2, 0.25) is 11.8 Å². The summed E-state index contributed by atoms with van der Waals surface area (Å²) in [6, 6.07) is 7.16. The summed E-state index contributed by atoms with van der Waals surface area (Å²) < 4.78 is 0. The van der Waals surface area contributed by atoms with E-state index in [0.717, 1.165) is 11.4 Å². The third-order valence-corrected chi connectivity index (χ3v) is 3.18. The summed E-state index contributed by atoms with van der Waals surface area (Å²) in [5, 5.41) is 0. The van der Waals surface area contributed by atoms with E-state index in [0.29, 0.717) is 0 Å². The van der Waals surface area contributed by atoms with E-state index in [-0.39, 0.29) is 23.3 Å². The predicted molar refractivity (Wildman–Crippen MR) is 81.0 cm³/mol. The number of carbonyl (C=O) groups excluding carboxylic acids is 2. The first kappa shape index (κ1) is 14.9. The molecule has 1 rings (SSSR count). The number of thiol groups is 2. The highest BCUT2D eigenvalue weighted by molar-refractivity contribution is 7.81. The highest BCUT2D eigenvalue weighted by Gasteiger charge is 2.11. The molecule has 98 valence electrons. The molecule has 0 heterocycles. The summed E-state index contributed by atoms with van der Waals surface area (Å²) in [4.78, 5) is 26.0. The first-order chi connectivity index (χ1) is 8.51. The third-order valence-electron chi connectivity index (χ3n) is 2.64. The Balaban J connectivity index is 2.86. The van der Waals surface area contributed by atoms with Crippen LogP contribution < -0.4 is 9.80 Å². The van der Waals surface area contributed by atoms with Crippen LogP contribution in [0.25, 0.3) is 0 Å². The van der Waals surface area contributed by atoms with E-state index >= 15 is 0 Å². The van der Waals surface area contributed by atoms with Gasteiger partial charge in [0.15, 0.2) is 0 Å². The Hall–Kier alpha value is -1.14. The molecule has 4 nitrogen and oxygen atoms in total. The fraction of sp³-hybridized carbons (Fsp3) is 0.333. The van der Waals surface area contributed by atoms with Crippen LogP contribution in [0.15, 0.2) is 24.3 Å². The van der Waals surface area contributed by atoms with Crippen LogP contribution in [0.2, 0.25) is 0 Å². The molecular weight excluding hydrogens is 268 g/mol. The largest absolute Gasteiger partial charge is 0.315 e. The monoisotopic (exact) mass is 284 g/mol. The van der Waals surface area contributed by atoms with Crippen molar-refractivity contribution in [3.63, 3.8) is 0 Å². The second-order valence-corrected chi connectivity index (χ2v) is 4.37. The van der Waals surface area contributed by atoms with Crippen molar-refractivity contribution >= 4 is 48.4 Å². The smallest absolute Gasteiger partial charge is 0.236 e. The van der Waals surface area contributed by atoms with Gasteiger partial charge in [-0.25, -0.2) is 0 Å². The normalized spacial score (nSPS) is 10.0. The summed E-state index contributed by atoms with van der Waals surface area (Å²) in [6.45, 7) is 0. The van der Waals surface area contributed by atoms with Gasteiger partial charge in [0.1, 0.15) is 0 Å². The Morgan fingerprint density at radius 2 is 1.17 bits per heavy atom. The van der Waals surface area contributed by atoms with Crippen LogP contribution in [0, 0.1) is 0 Å². The second kappa shape index (κ2) is 6.70. The van der Waals surface area contributed by atoms with Crippen molar-refractivity contribution in [2.45, 2.75) is 0 Å². The van der Waals surface area contributed by atoms with Gasteiger partial charge in [0.05, 0.1) is 11.5 Å². The molecule has 0 atom stereocenters. The molecule has 0 radical (unpaired) electrons. The molecule has 0 unspecified atom stereocenters. The highest BCUT2D eigenvalue weighted by Crippen LogP contribution is 2.19. The van der Waals surface area contributed by atoms with Gasteiger partial charge in [-0.05, 0) is 24.3 Å². The van der Waals surface area contributed by atoms with Crippen molar-refractivity contribution < 1.29 is 9.59 Å². The lowest BCUT2D eigenvalue weighted by Gasteiger charge is -2.19. The molecule has 0 N–H and O–H groups in total. The van der Waals surface area contributed by atoms with Crippen molar-refractivity contribution in [1.82, 2.24) is 0 Å². The second-order valence-electron chi connectivity index (χ2n) is 3.74. The fourth-order valence-electron chi connectivity index (χ4n) is 1.40. The number of benzene rings is 1. The minimum absolute atomic E-state index is 0.0779. The lowest BCUT2D eigenvalue weighted by molar-refractivity contribution is -0.116. The van der Waals surface area contributed by atoms with Crippen molar-refractivity contribution in [2.24, 2.45) is 0 Å². The molecule has 0 saturated carbocycles. The molecule has 18 heavy (non-hydrogen) atoms. The lowest BCUT2D eigenvalue weighted by atomic mass is 10.2. The zero-order chi connectivity index (χ0) is 13.7. The highest BCUT2D eigenvalue weighted by atomic mass is 32.1. The number of anilines is 2. The zero-order valence-corrected chi connectivity index (χ0v) is 12.1. The van der Waals surface area contributed by atoms with Crippen LogP contribution >= 0.6 is 25.3 Å². The Kier molecular flexibility index (Phi) is 5.55. The number of hydrogen-bond donors (Lipinski definition) is 2. The molecular formula is C12H16N2O2S2. The molecule has 0 aromatic heterocycles. The average molecular weight is 284 g/mol. The number of amides is 2. The number of rotatable bonds is 4. The first-order valence-corrected chi connectivity index (χ1v) is 6.62. The number of nitrogens with zero attached hydrogens (tertiary/aromatic N) is 2. The molecule has 0 fully saturated rings. The molecule has 0 aliphatic heterocycles. The SMILES string of the molecule is CN(C(=O)CS)c1ccc(N(C)C(=O)CS)cc1. The summed E-state index contributed by atoms with van der Waals surface area (Å²) in [6.07, 6.45) is 0. The van der Waals surface area contributed by atoms with Gasteiger partial charge in [-0.1, -0.05) is 0 Å². The Labute approximate surface area is 118 Å². The van der Waals surface area contributed by atoms with E-state index in [1.807, 2.05) is 0 Å². The van der Waals surface area contributed by atoms with Crippen LogP contribution in [0.3, 0.4) is 0 Å². The van der Waals surface area contributed by atoms with Crippen LogP contribution in [0.1, 0.15) is 0 Å². The fourth-order valence-corrected chi connectivity index (χ4v) is 1.82. The summed E-state index contributed by atoms with van der Waals surface area (Å²) in [5.41, 5.74) is 1.54. The van der Waals surface area contributed by atoms with Crippen molar-refractivity contribution in [3.05, 3.63) is 24.3 Å². The van der Waals surface area contributed by atoms with Crippen LogP contribution in [-0.4, -0.2) is 37.4 Å². The van der Waals surface area contributed by atoms with E-state index in [2.05, 4.69) is 25.3 Å². The minimum Gasteiger partial charge on any atom is -0.315 e. The molecule has 0 aliphatic carbocycles. The standard InChI is InChI=1S/C12H16N2O2S2/c1-13(11(15)7-17)9-3-5-10(6-4-9)14(2)12(16)8-18/h3-6,17-18H,7-8H2,1-2H3. The molecule has 1 aromatic carbocycles. The first-order valence-electron chi connectivity index (χ1n) is 5.36. The van der Waals surface area contributed by atoms with Gasteiger partial charge in [-0.15, -0.1) is 0 Å². The van der Waals surface area contributed by atoms with E-state index < -0.39 is 0 Å². The average Bonchev–Trinajstić information content (AvgIpc) is 2.44. The Morgan fingerprint density at radius 3 is 1.39 bits per heavy atom. The summed E-state index contributed by atoms with van der Waals surface area (Å²) in [7, 11) is 3.38. The van der Waals surface area contributed by atoms with E-state index in [1.54, 1.807) is 38.4 Å². The quantitative estimate of drug-likeness (QED) is 0.822. The Morgan fingerprint density at radius 1 is 0.889 bits per heavy atom. The molecule has 6 heteroatoms. The van der Waals surface area contributed by atoms with Gasteiger partial charge in [0.25, 0.3) is 0 Å². The molecule has 1 aromatic rings. The van der Waals surface area contributed by atoms with Gasteiger partial charge < -0.3 is 9.80 Å². The van der Waals surface area contributed by atoms with Crippen LogP contribution in [-0.2, 0) is 9.59 Å². The van der Waals surface area contributed by atoms with Gasteiger partial charge >= 0.3 is 0 Å². The van der Waals surface area contributed by atoms with E-state index in [9.17, 15) is 9.59 Å². The van der Waals surface area contributed by atoms with Gasteiger partial charge in [-0.2, -0.15) is 25.3 Å². The zero-order valence-electron chi connectivity index (χ0n) is 10.3. The topological polar surface area (TPSA) is 40.6 Å². The number of carbonyl (C=O) groups is 2. The molecule has 0 aliphatic rings. The lowest BCUT2D eigenvalue weighted by Crippen LogP contribution is -2.28. The Bertz CT molecular complexity index is 393. The van der Waals surface area contributed by atoms with Crippen LogP contribution in [0.4, 0.5) is 11.4 Å². The molecule has 0 saturated heterocycles. The van der Waals surface area contributed by atoms with Crippen molar-refractivity contribution in [1.29, 1.82) is 0 Å². The van der Waals surface area contributed by atoms with Gasteiger partial charge in [0, 0.05) is 25.5 Å². The molecule has 0 spiro atoms. The molecule has 2 amide bonds. The maximum atomic E-state index is 11.5. The van der Waals surface area contributed by atoms with E-state index in [4.69, 9.17) is 0 Å². The maximum Gasteiger partial charge on any atom is 0.236 e. The summed E-state index contributed by atoms with van der Waals surface area (Å²) in [5.74, 6) is 0.170. The van der Waals surface area contributed by atoms with Crippen molar-refractivity contribution in [2.75, 3.05) is 35.4 Å². The van der Waals surface area contributed by atoms with E-state index in [1.165, 1.54) is 9.80 Å². The van der Waals surface area contributed by atoms with Crippen molar-refractivity contribution in [3.8, 4) is 0 Å². The third kappa shape index (κ3) is 3.43. The minimum atomic E-state index is -0.0779. The summed E-state index contributed by atoms with van der Waals surface area (Å²) >= 11 is 7.89. The van der Waals surface area contributed by atoms with Crippen LogP contribution in [0.5, 0.6) is 0 Å². The predicted octanol–water partition coefficient (Wildman–Crippen LogP) is 1.47. The molecule has 0 bridgehead atoms. The van der Waals surface area contributed by atoms with Gasteiger partial charge in [-0.3, -0.25) is 9.59 Å².